The van der Waals surface area contributed by atoms with Gasteiger partial charge < -0.3 is 10.6 Å². The van der Waals surface area contributed by atoms with E-state index in [1.54, 1.807) is 11.3 Å². The Bertz CT molecular complexity index is 379. The van der Waals surface area contributed by atoms with Crippen LogP contribution in [0.4, 0.5) is 4.79 Å². The summed E-state index contributed by atoms with van der Waals surface area (Å²) in [5.41, 5.74) is 0.793. The maximum Gasteiger partial charge on any atom is 0.315 e. The first kappa shape index (κ1) is 13.0. The summed E-state index contributed by atoms with van der Waals surface area (Å²) >= 11 is 1.62. The summed E-state index contributed by atoms with van der Waals surface area (Å²) < 4.78 is 0. The van der Waals surface area contributed by atoms with Crippen molar-refractivity contribution in [1.29, 1.82) is 0 Å². The number of urea groups is 1. The Hall–Kier alpha value is -1.10. The van der Waals surface area contributed by atoms with Gasteiger partial charge in [0.25, 0.3) is 0 Å². The molecule has 16 heavy (non-hydrogen) atoms. The second-order valence-corrected chi connectivity index (χ2v) is 6.09. The van der Waals surface area contributed by atoms with E-state index >= 15 is 0 Å². The number of hydrogen-bond acceptors (Lipinski definition) is 3. The largest absolute Gasteiger partial charge is 0.334 e. The number of rotatable bonds is 2. The fourth-order valence-corrected chi connectivity index (χ4v) is 2.16. The molecule has 1 rings (SSSR count). The highest BCUT2D eigenvalue weighted by molar-refractivity contribution is 7.11. The molecule has 0 atom stereocenters. The summed E-state index contributed by atoms with van der Waals surface area (Å²) in [5, 5.41) is 6.71. The fraction of sp³-hybridized carbons (Fsp3) is 0.636. The molecule has 0 bridgehead atoms. The number of aromatic nitrogens is 1. The normalized spacial score (nSPS) is 11.3. The van der Waals surface area contributed by atoms with Crippen molar-refractivity contribution in [2.24, 2.45) is 0 Å². The molecule has 0 aliphatic rings. The summed E-state index contributed by atoms with van der Waals surface area (Å²) in [7, 11) is 0. The first-order chi connectivity index (χ1) is 7.28. The van der Waals surface area contributed by atoms with E-state index in [1.165, 1.54) is 0 Å². The van der Waals surface area contributed by atoms with Crippen molar-refractivity contribution in [1.82, 2.24) is 15.6 Å². The molecule has 0 aliphatic carbocycles. The van der Waals surface area contributed by atoms with Crippen molar-refractivity contribution >= 4 is 17.4 Å². The Labute approximate surface area is 100 Å². The van der Waals surface area contributed by atoms with E-state index in [9.17, 15) is 4.79 Å². The molecule has 4 nitrogen and oxygen atoms in total. The molecule has 5 heteroatoms. The zero-order chi connectivity index (χ0) is 12.3. The lowest BCUT2D eigenvalue weighted by molar-refractivity contribution is 0.231. The standard InChI is InChI=1S/C11H19N3OS/c1-7-9(16-8(2)13-7)6-12-10(15)14-11(3,4)5/h6H2,1-5H3,(H2,12,14,15). The molecule has 2 N–H and O–H groups in total. The Kier molecular flexibility index (Phi) is 3.91. The second kappa shape index (κ2) is 4.82. The molecule has 0 saturated heterocycles. The molecule has 90 valence electrons. The number of nitrogens with zero attached hydrogens (tertiary/aromatic N) is 1. The molecule has 1 aromatic rings. The average molecular weight is 241 g/mol. The number of thiazole rings is 1. The molecule has 0 aromatic carbocycles. The Morgan fingerprint density at radius 3 is 2.44 bits per heavy atom. The van der Waals surface area contributed by atoms with Gasteiger partial charge in [0.2, 0.25) is 0 Å². The maximum atomic E-state index is 11.5. The predicted octanol–water partition coefficient (Wildman–Crippen LogP) is 2.36. The van der Waals surface area contributed by atoms with Crippen LogP contribution in [-0.2, 0) is 6.54 Å². The predicted molar refractivity (Wildman–Crippen MR) is 66.7 cm³/mol. The molecule has 0 spiro atoms. The lowest BCUT2D eigenvalue weighted by atomic mass is 10.1. The minimum atomic E-state index is -0.206. The van der Waals surface area contributed by atoms with E-state index < -0.39 is 0 Å². The van der Waals surface area contributed by atoms with Crippen LogP contribution < -0.4 is 10.6 Å². The van der Waals surface area contributed by atoms with Crippen LogP contribution in [0.15, 0.2) is 0 Å². The zero-order valence-electron chi connectivity index (χ0n) is 10.5. The number of amides is 2. The first-order valence-electron chi connectivity index (χ1n) is 5.27. The summed E-state index contributed by atoms with van der Waals surface area (Å²) in [6.07, 6.45) is 0. The number of hydrogen-bond donors (Lipinski definition) is 2. The van der Waals surface area contributed by atoms with Gasteiger partial charge in [-0.05, 0) is 34.6 Å². The van der Waals surface area contributed by atoms with Crippen LogP contribution in [0.1, 0.15) is 36.3 Å². The maximum absolute atomic E-state index is 11.5. The fourth-order valence-electron chi connectivity index (χ4n) is 1.28. The van der Waals surface area contributed by atoms with Gasteiger partial charge in [-0.15, -0.1) is 11.3 Å². The highest BCUT2D eigenvalue weighted by Gasteiger charge is 2.13. The van der Waals surface area contributed by atoms with Gasteiger partial charge in [0.15, 0.2) is 0 Å². The summed E-state index contributed by atoms with van der Waals surface area (Å²) in [4.78, 5) is 16.9. The Morgan fingerprint density at radius 2 is 2.00 bits per heavy atom. The average Bonchev–Trinajstić information content (AvgIpc) is 2.38. The van der Waals surface area contributed by atoms with Crippen molar-refractivity contribution in [3.63, 3.8) is 0 Å². The molecule has 0 unspecified atom stereocenters. The van der Waals surface area contributed by atoms with Crippen molar-refractivity contribution in [3.05, 3.63) is 15.6 Å². The summed E-state index contributed by atoms with van der Waals surface area (Å²) in [5.74, 6) is 0. The molecular weight excluding hydrogens is 222 g/mol. The molecule has 1 heterocycles. The van der Waals surface area contributed by atoms with Gasteiger partial charge in [0.05, 0.1) is 17.2 Å². The minimum absolute atomic E-state index is 0.141. The van der Waals surface area contributed by atoms with Crippen LogP contribution >= 0.6 is 11.3 Å². The monoisotopic (exact) mass is 241 g/mol. The first-order valence-corrected chi connectivity index (χ1v) is 6.08. The zero-order valence-corrected chi connectivity index (χ0v) is 11.3. The highest BCUT2D eigenvalue weighted by Crippen LogP contribution is 2.16. The molecule has 1 aromatic heterocycles. The van der Waals surface area contributed by atoms with E-state index in [1.807, 2.05) is 34.6 Å². The van der Waals surface area contributed by atoms with Gasteiger partial charge >= 0.3 is 6.03 Å². The lowest BCUT2D eigenvalue weighted by Crippen LogP contribution is -2.46. The molecule has 2 amide bonds. The van der Waals surface area contributed by atoms with Crippen LogP contribution in [0.25, 0.3) is 0 Å². The van der Waals surface area contributed by atoms with E-state index in [4.69, 9.17) is 0 Å². The smallest absolute Gasteiger partial charge is 0.315 e. The second-order valence-electron chi connectivity index (χ2n) is 4.80. The van der Waals surface area contributed by atoms with Gasteiger partial charge in [0, 0.05) is 10.4 Å². The van der Waals surface area contributed by atoms with Gasteiger partial charge in [-0.1, -0.05) is 0 Å². The van der Waals surface area contributed by atoms with E-state index in [2.05, 4.69) is 15.6 Å². The quantitative estimate of drug-likeness (QED) is 0.835. The van der Waals surface area contributed by atoms with Gasteiger partial charge in [-0.2, -0.15) is 0 Å². The van der Waals surface area contributed by atoms with Gasteiger partial charge in [-0.3, -0.25) is 0 Å². The van der Waals surface area contributed by atoms with Crippen LogP contribution in [-0.4, -0.2) is 16.6 Å². The third-order valence-electron chi connectivity index (χ3n) is 1.90. The van der Waals surface area contributed by atoms with Crippen LogP contribution in [0, 0.1) is 13.8 Å². The summed E-state index contributed by atoms with van der Waals surface area (Å²) in [6, 6.07) is -0.141. The molecule has 0 aliphatic heterocycles. The molecular formula is C11H19N3OS. The van der Waals surface area contributed by atoms with Crippen molar-refractivity contribution in [2.75, 3.05) is 0 Å². The van der Waals surface area contributed by atoms with Crippen LogP contribution in [0.2, 0.25) is 0 Å². The van der Waals surface area contributed by atoms with Crippen molar-refractivity contribution in [2.45, 2.75) is 46.7 Å². The van der Waals surface area contributed by atoms with Crippen molar-refractivity contribution in [3.8, 4) is 0 Å². The topological polar surface area (TPSA) is 54.0 Å². The Balaban J connectivity index is 2.46. The van der Waals surface area contributed by atoms with E-state index in [-0.39, 0.29) is 11.6 Å². The van der Waals surface area contributed by atoms with E-state index in [0.717, 1.165) is 15.6 Å². The number of nitrogens with one attached hydrogen (secondary N) is 2. The minimum Gasteiger partial charge on any atom is -0.334 e. The molecule has 0 saturated carbocycles. The van der Waals surface area contributed by atoms with Crippen LogP contribution in [0.5, 0.6) is 0 Å². The molecule has 0 fully saturated rings. The van der Waals surface area contributed by atoms with Crippen molar-refractivity contribution < 1.29 is 4.79 Å². The van der Waals surface area contributed by atoms with E-state index in [0.29, 0.717) is 6.54 Å². The van der Waals surface area contributed by atoms with Gasteiger partial charge in [-0.25, -0.2) is 9.78 Å². The number of carbonyl (C=O) groups excluding carboxylic acids is 1. The Morgan fingerprint density at radius 1 is 1.38 bits per heavy atom. The van der Waals surface area contributed by atoms with Crippen LogP contribution in [0.3, 0.4) is 0 Å². The third kappa shape index (κ3) is 4.18. The van der Waals surface area contributed by atoms with Gasteiger partial charge in [0.1, 0.15) is 0 Å². The lowest BCUT2D eigenvalue weighted by Gasteiger charge is -2.20. The SMILES string of the molecule is Cc1nc(C)c(CNC(=O)NC(C)(C)C)s1. The number of aryl methyl sites for hydroxylation is 2. The molecule has 0 radical (unpaired) electrons. The highest BCUT2D eigenvalue weighted by atomic mass is 32.1. The number of carbonyl (C=O) groups is 1. The third-order valence-corrected chi connectivity index (χ3v) is 2.97. The summed E-state index contributed by atoms with van der Waals surface area (Å²) in [6.45, 7) is 10.3.